The van der Waals surface area contributed by atoms with E-state index in [1.807, 2.05) is 84.9 Å². The maximum absolute atomic E-state index is 13.0. The fourth-order valence-corrected chi connectivity index (χ4v) is 11.6. The number of nitrogens with one attached hydrogen (secondary N) is 1. The number of nitrogens with zero attached hydrogens (tertiary/aromatic N) is 9. The minimum Gasteiger partial charge on any atom is -0.338 e. The summed E-state index contributed by atoms with van der Waals surface area (Å²) in [5, 5.41) is 29.4. The SMILES string of the molecule is Cc1cc(C)c(Nc2nc(N(c3nc4ccc(S(=O)(=O)O)cc4s3)c3c(C)cc(C)c(S(=O)(=O)O)c3C)cc(C)c2N=Nc2c(C#N)c(C(C)(C)C)nn2-c2nc3ccccc3s2)c(C)c1. The molecule has 0 amide bonds. The summed E-state index contributed by atoms with van der Waals surface area (Å²) >= 11 is 2.48. The van der Waals surface area contributed by atoms with Gasteiger partial charge in [0.1, 0.15) is 28.0 Å². The number of azo groups is 1. The molecule has 0 unspecified atom stereocenters. The van der Waals surface area contributed by atoms with Crippen LogP contribution in [0.4, 0.5) is 39.6 Å². The van der Waals surface area contributed by atoms with E-state index in [9.17, 15) is 31.2 Å². The van der Waals surface area contributed by atoms with Crippen molar-refractivity contribution in [2.45, 2.75) is 84.4 Å². The normalized spacial score (nSPS) is 12.4. The number of fused-ring (bicyclic) bond motifs is 2. The molecular formula is C46H44N10O6S4. The van der Waals surface area contributed by atoms with Crippen LogP contribution in [0, 0.1) is 59.8 Å². The zero-order chi connectivity index (χ0) is 47.8. The molecule has 0 bridgehead atoms. The molecule has 4 aromatic carbocycles. The zero-order valence-corrected chi connectivity index (χ0v) is 40.8. The lowest BCUT2D eigenvalue weighted by atomic mass is 9.90. The number of aryl methyl sites for hydroxylation is 6. The topological polar surface area (TPSA) is 229 Å². The molecule has 0 radical (unpaired) electrons. The van der Waals surface area contributed by atoms with E-state index in [2.05, 4.69) is 11.4 Å². The van der Waals surface area contributed by atoms with Crippen LogP contribution in [0.3, 0.4) is 0 Å². The minimum atomic E-state index is -4.74. The lowest BCUT2D eigenvalue weighted by Gasteiger charge is -2.28. The van der Waals surface area contributed by atoms with Crippen LogP contribution in [-0.4, -0.2) is 50.7 Å². The standard InChI is InChI=1S/C46H44N10O6S4/c1-23-17-24(2)37(25(3)18-23)51-42-38(52-53-43-31(22-47)41(46(8,9)10)54-56(43)45-49-32-13-11-12-14-34(32)63-45)26(4)20-36(50-42)55(39-27(5)19-28(6)40(29(39)7)66(60,61)62)44-48-33-16-15-30(65(57,58)59)21-35(33)64-44/h11-21H,1-10H3,(H,50,51)(H,57,58,59)(H,60,61,62). The van der Waals surface area contributed by atoms with Crippen LogP contribution < -0.4 is 10.2 Å². The van der Waals surface area contributed by atoms with Crippen molar-refractivity contribution in [3.05, 3.63) is 117 Å². The highest BCUT2D eigenvalue weighted by Crippen LogP contribution is 2.47. The highest BCUT2D eigenvalue weighted by atomic mass is 32.2. The third-order valence-electron chi connectivity index (χ3n) is 10.9. The Morgan fingerprint density at radius 1 is 0.758 bits per heavy atom. The molecule has 4 aromatic heterocycles. The van der Waals surface area contributed by atoms with Gasteiger partial charge < -0.3 is 5.32 Å². The van der Waals surface area contributed by atoms with E-state index in [-0.39, 0.29) is 43.5 Å². The molecule has 4 heterocycles. The summed E-state index contributed by atoms with van der Waals surface area (Å²) < 4.78 is 73.6. The number of nitriles is 1. The maximum Gasteiger partial charge on any atom is 0.295 e. The Morgan fingerprint density at radius 2 is 1.44 bits per heavy atom. The fourth-order valence-electron chi connectivity index (χ4n) is 8.14. The van der Waals surface area contributed by atoms with Gasteiger partial charge in [-0.15, -0.1) is 10.2 Å². The number of aromatic nitrogens is 5. The third kappa shape index (κ3) is 8.56. The number of pyridine rings is 1. The molecule has 0 aliphatic carbocycles. The largest absolute Gasteiger partial charge is 0.338 e. The van der Waals surface area contributed by atoms with E-state index in [4.69, 9.17) is 30.3 Å². The van der Waals surface area contributed by atoms with Crippen molar-refractivity contribution >= 4 is 103 Å². The molecule has 20 heteroatoms. The molecule has 0 atom stereocenters. The Kier molecular flexibility index (Phi) is 11.7. The van der Waals surface area contributed by atoms with Gasteiger partial charge in [0, 0.05) is 11.1 Å². The second-order valence-corrected chi connectivity index (χ2v) is 21.9. The molecule has 338 valence electrons. The summed E-state index contributed by atoms with van der Waals surface area (Å²) in [6.07, 6.45) is 0. The van der Waals surface area contributed by atoms with Gasteiger partial charge in [-0.25, -0.2) is 15.0 Å². The lowest BCUT2D eigenvalue weighted by Crippen LogP contribution is -2.17. The van der Waals surface area contributed by atoms with Crippen LogP contribution >= 0.6 is 22.7 Å². The van der Waals surface area contributed by atoms with Crippen molar-refractivity contribution in [2.75, 3.05) is 10.2 Å². The molecule has 8 rings (SSSR count). The van der Waals surface area contributed by atoms with Crippen molar-refractivity contribution in [1.29, 1.82) is 5.26 Å². The summed E-state index contributed by atoms with van der Waals surface area (Å²) in [5.41, 5.74) is 7.29. The minimum absolute atomic E-state index is 0.169. The first-order valence-electron chi connectivity index (χ1n) is 20.4. The fraction of sp³-hybridized carbons (Fsp3) is 0.239. The molecule has 66 heavy (non-hydrogen) atoms. The smallest absolute Gasteiger partial charge is 0.295 e. The molecule has 0 saturated heterocycles. The predicted octanol–water partition coefficient (Wildman–Crippen LogP) is 11.9. The van der Waals surface area contributed by atoms with E-state index in [0.717, 1.165) is 43.9 Å². The van der Waals surface area contributed by atoms with Gasteiger partial charge in [-0.3, -0.25) is 14.0 Å². The number of rotatable bonds is 10. The molecule has 3 N–H and O–H groups in total. The first-order valence-corrected chi connectivity index (χ1v) is 24.9. The quantitative estimate of drug-likeness (QED) is 0.0857. The zero-order valence-electron chi connectivity index (χ0n) is 37.5. The van der Waals surface area contributed by atoms with E-state index in [1.165, 1.54) is 29.5 Å². The third-order valence-corrected chi connectivity index (χ3v) is 14.9. The summed E-state index contributed by atoms with van der Waals surface area (Å²) in [6.45, 7) is 18.6. The van der Waals surface area contributed by atoms with Crippen molar-refractivity contribution in [2.24, 2.45) is 10.2 Å². The van der Waals surface area contributed by atoms with Gasteiger partial charge in [0.25, 0.3) is 20.2 Å². The number of hydrogen-bond donors (Lipinski definition) is 3. The molecule has 0 spiro atoms. The molecule has 0 aliphatic rings. The van der Waals surface area contributed by atoms with E-state index < -0.39 is 25.7 Å². The van der Waals surface area contributed by atoms with E-state index in [1.54, 1.807) is 42.5 Å². The second-order valence-electron chi connectivity index (χ2n) is 17.1. The average Bonchev–Trinajstić information content (AvgIpc) is 3.94. The summed E-state index contributed by atoms with van der Waals surface area (Å²) in [7, 11) is -9.30. The van der Waals surface area contributed by atoms with E-state index in [0.29, 0.717) is 49.1 Å². The van der Waals surface area contributed by atoms with E-state index >= 15 is 0 Å². The van der Waals surface area contributed by atoms with Crippen molar-refractivity contribution in [1.82, 2.24) is 24.7 Å². The Hall–Kier alpha value is -6.47. The highest BCUT2D eigenvalue weighted by molar-refractivity contribution is 7.86. The van der Waals surface area contributed by atoms with Crippen molar-refractivity contribution < 1.29 is 25.9 Å². The molecule has 0 saturated carbocycles. The summed E-state index contributed by atoms with van der Waals surface area (Å²) in [5.74, 6) is 0.651. The Bertz CT molecular complexity index is 3560. The molecule has 0 aliphatic heterocycles. The predicted molar refractivity (Wildman–Crippen MR) is 259 cm³/mol. The maximum atomic E-state index is 13.0. The van der Waals surface area contributed by atoms with Crippen LogP contribution in [0.25, 0.3) is 25.6 Å². The summed E-state index contributed by atoms with van der Waals surface area (Å²) in [6, 6.07) is 21.4. The van der Waals surface area contributed by atoms with Gasteiger partial charge in [0.15, 0.2) is 16.8 Å². The Morgan fingerprint density at radius 3 is 2.08 bits per heavy atom. The number of hydrogen-bond acceptors (Lipinski definition) is 15. The van der Waals surface area contributed by atoms with Crippen molar-refractivity contribution in [3.8, 4) is 11.2 Å². The van der Waals surface area contributed by atoms with Gasteiger partial charge in [-0.05, 0) is 118 Å². The molecule has 0 fully saturated rings. The van der Waals surface area contributed by atoms with Gasteiger partial charge in [-0.2, -0.15) is 31.9 Å². The highest BCUT2D eigenvalue weighted by Gasteiger charge is 2.31. The Balaban J connectivity index is 1.41. The van der Waals surface area contributed by atoms with Crippen LogP contribution in [0.2, 0.25) is 0 Å². The lowest BCUT2D eigenvalue weighted by molar-refractivity contribution is 0.480. The molecular weight excluding hydrogens is 917 g/mol. The monoisotopic (exact) mass is 960 g/mol. The Labute approximate surface area is 389 Å². The van der Waals surface area contributed by atoms with Crippen LogP contribution in [0.15, 0.2) is 86.7 Å². The first-order chi connectivity index (χ1) is 30.9. The van der Waals surface area contributed by atoms with Crippen LogP contribution in [-0.2, 0) is 25.7 Å². The van der Waals surface area contributed by atoms with Gasteiger partial charge in [0.2, 0.25) is 5.13 Å². The van der Waals surface area contributed by atoms with Gasteiger partial charge >= 0.3 is 0 Å². The number of para-hydroxylation sites is 1. The summed E-state index contributed by atoms with van der Waals surface area (Å²) in [4.78, 5) is 15.9. The second kappa shape index (κ2) is 16.8. The van der Waals surface area contributed by atoms with Gasteiger partial charge in [0.05, 0.1) is 36.7 Å². The number of benzene rings is 4. The number of thiazole rings is 2. The average molecular weight is 961 g/mol. The van der Waals surface area contributed by atoms with Crippen LogP contribution in [0.1, 0.15) is 71.0 Å². The van der Waals surface area contributed by atoms with Crippen molar-refractivity contribution in [3.63, 3.8) is 0 Å². The molecule has 8 aromatic rings. The van der Waals surface area contributed by atoms with Gasteiger partial charge in [-0.1, -0.05) is 79.3 Å². The van der Waals surface area contributed by atoms with Crippen LogP contribution in [0.5, 0.6) is 0 Å². The number of anilines is 5. The first kappa shape index (κ1) is 46.1. The molecule has 16 nitrogen and oxygen atoms in total.